The summed E-state index contributed by atoms with van der Waals surface area (Å²) in [6, 6.07) is 0. The first-order valence-corrected chi connectivity index (χ1v) is 7.08. The van der Waals surface area contributed by atoms with Gasteiger partial charge >= 0.3 is 12.1 Å². The number of halogens is 3. The lowest BCUT2D eigenvalue weighted by Crippen LogP contribution is -2.45. The maximum absolute atomic E-state index is 12.4. The second-order valence-corrected chi connectivity index (χ2v) is 6.71. The molecule has 1 fully saturated rings. The zero-order valence-electron chi connectivity index (χ0n) is 13.0. The number of fused-ring (bicyclic) bond motifs is 1. The van der Waals surface area contributed by atoms with Crippen LogP contribution in [0.25, 0.3) is 0 Å². The van der Waals surface area contributed by atoms with E-state index >= 15 is 0 Å². The molecule has 1 heterocycles. The molecule has 0 spiro atoms. The minimum atomic E-state index is -4.63. The molecule has 1 saturated carbocycles. The van der Waals surface area contributed by atoms with Crippen LogP contribution in [0.5, 0.6) is 0 Å². The molecule has 0 saturated heterocycles. The zero-order chi connectivity index (χ0) is 16.8. The third kappa shape index (κ3) is 2.83. The van der Waals surface area contributed by atoms with Crippen molar-refractivity contribution < 1.29 is 27.6 Å². The normalized spacial score (nSPS) is 29.0. The van der Waals surface area contributed by atoms with Gasteiger partial charge in [-0.2, -0.15) is 13.2 Å². The maximum Gasteiger partial charge on any atom is 0.432 e. The summed E-state index contributed by atoms with van der Waals surface area (Å²) in [5, 5.41) is 6.90. The number of oxime groups is 2. The molecule has 2 unspecified atom stereocenters. The number of hydrogen-bond acceptors (Lipinski definition) is 5. The predicted molar refractivity (Wildman–Crippen MR) is 73.3 cm³/mol. The van der Waals surface area contributed by atoms with Gasteiger partial charge in [-0.15, -0.1) is 0 Å². The average Bonchev–Trinajstić information content (AvgIpc) is 2.91. The van der Waals surface area contributed by atoms with Crippen LogP contribution < -0.4 is 0 Å². The molecular weight excluding hydrogens is 301 g/mol. The minimum Gasteiger partial charge on any atom is -0.376 e. The highest BCUT2D eigenvalue weighted by Gasteiger charge is 2.60. The van der Waals surface area contributed by atoms with Crippen molar-refractivity contribution in [1.29, 1.82) is 0 Å². The summed E-state index contributed by atoms with van der Waals surface area (Å²) in [5.41, 5.74) is -2.11. The number of alkyl halides is 3. The third-order valence-electron chi connectivity index (χ3n) is 4.03. The number of carbonyl (C=O) groups excluding carboxylic acids is 1. The largest absolute Gasteiger partial charge is 0.432 e. The van der Waals surface area contributed by atoms with Crippen LogP contribution in [-0.2, 0) is 14.5 Å². The van der Waals surface area contributed by atoms with Crippen LogP contribution in [0.3, 0.4) is 0 Å². The van der Waals surface area contributed by atoms with Crippen LogP contribution >= 0.6 is 0 Å². The van der Waals surface area contributed by atoms with E-state index in [-0.39, 0.29) is 11.3 Å². The van der Waals surface area contributed by atoms with Crippen LogP contribution in [0.2, 0.25) is 0 Å². The Morgan fingerprint density at radius 1 is 1.41 bits per heavy atom. The van der Waals surface area contributed by atoms with E-state index in [1.54, 1.807) is 0 Å². The Kier molecular flexibility index (Phi) is 3.99. The molecule has 0 aromatic heterocycles. The van der Waals surface area contributed by atoms with Crippen molar-refractivity contribution in [2.45, 2.75) is 58.7 Å². The zero-order valence-corrected chi connectivity index (χ0v) is 13.0. The number of rotatable bonds is 2. The lowest BCUT2D eigenvalue weighted by Gasteiger charge is -2.26. The van der Waals surface area contributed by atoms with E-state index in [2.05, 4.69) is 15.1 Å². The fourth-order valence-electron chi connectivity index (χ4n) is 2.82. The van der Waals surface area contributed by atoms with Crippen molar-refractivity contribution in [2.24, 2.45) is 21.6 Å². The fourth-order valence-corrected chi connectivity index (χ4v) is 2.82. The Balaban J connectivity index is 2.17. The molecule has 0 N–H and O–H groups in total. The second kappa shape index (κ2) is 5.24. The van der Waals surface area contributed by atoms with Gasteiger partial charge in [-0.05, 0) is 19.8 Å². The van der Waals surface area contributed by atoms with Gasteiger partial charge in [0, 0.05) is 11.8 Å². The van der Waals surface area contributed by atoms with Crippen LogP contribution in [-0.4, -0.2) is 29.2 Å². The molecule has 2 rings (SSSR count). The van der Waals surface area contributed by atoms with Crippen molar-refractivity contribution in [3.8, 4) is 0 Å². The van der Waals surface area contributed by atoms with Gasteiger partial charge in [-0.25, -0.2) is 4.79 Å². The maximum atomic E-state index is 12.4. The Morgan fingerprint density at radius 2 is 2.05 bits per heavy atom. The van der Waals surface area contributed by atoms with Gasteiger partial charge in [0.1, 0.15) is 0 Å². The monoisotopic (exact) mass is 320 g/mol. The second-order valence-electron chi connectivity index (χ2n) is 6.71. The molecule has 5 nitrogen and oxygen atoms in total. The predicted octanol–water partition coefficient (Wildman–Crippen LogP) is 3.44. The average molecular weight is 320 g/mol. The van der Waals surface area contributed by atoms with E-state index in [1.807, 2.05) is 20.8 Å². The van der Waals surface area contributed by atoms with E-state index in [0.29, 0.717) is 12.8 Å². The van der Waals surface area contributed by atoms with E-state index in [0.717, 1.165) is 19.1 Å². The highest BCUT2D eigenvalue weighted by atomic mass is 19.4. The molecule has 0 aromatic rings. The topological polar surface area (TPSA) is 60.2 Å². The SMILES string of the molecule is C/C(=N\OC(=O)C12CCCC1C(C(C)(C)C)=NO2)C(F)(F)F. The summed E-state index contributed by atoms with van der Waals surface area (Å²) in [7, 11) is 0. The van der Waals surface area contributed by atoms with Gasteiger partial charge in [0.05, 0.1) is 11.6 Å². The highest BCUT2D eigenvalue weighted by molar-refractivity contribution is 5.99. The van der Waals surface area contributed by atoms with E-state index in [1.165, 1.54) is 0 Å². The minimum absolute atomic E-state index is 0.276. The Bertz CT molecular complexity index is 534. The first-order chi connectivity index (χ1) is 9.98. The third-order valence-corrected chi connectivity index (χ3v) is 4.03. The summed E-state index contributed by atoms with van der Waals surface area (Å²) in [6.07, 6.45) is -2.86. The van der Waals surface area contributed by atoms with Gasteiger partial charge in [0.2, 0.25) is 5.60 Å². The molecule has 0 aromatic carbocycles. The van der Waals surface area contributed by atoms with Gasteiger partial charge in [-0.1, -0.05) is 31.1 Å². The van der Waals surface area contributed by atoms with Gasteiger partial charge in [0.15, 0.2) is 5.71 Å². The standard InChI is InChI=1S/C14H19F3N2O3/c1-8(14(15,16)17)18-21-11(20)13-7-5-6-9(13)10(19-22-13)12(2,3)4/h9H,5-7H2,1-4H3/b18-8+. The van der Waals surface area contributed by atoms with Crippen molar-refractivity contribution in [1.82, 2.24) is 0 Å². The molecule has 0 amide bonds. The first kappa shape index (κ1) is 16.8. The van der Waals surface area contributed by atoms with Gasteiger partial charge in [-0.3, -0.25) is 0 Å². The first-order valence-electron chi connectivity index (χ1n) is 7.08. The van der Waals surface area contributed by atoms with Crippen LogP contribution in [0.15, 0.2) is 10.3 Å². The van der Waals surface area contributed by atoms with Gasteiger partial charge in [0.25, 0.3) is 0 Å². The van der Waals surface area contributed by atoms with E-state index in [4.69, 9.17) is 4.84 Å². The molecule has 22 heavy (non-hydrogen) atoms. The van der Waals surface area contributed by atoms with Crippen molar-refractivity contribution >= 4 is 17.4 Å². The van der Waals surface area contributed by atoms with Crippen LogP contribution in [0.1, 0.15) is 47.0 Å². The van der Waals surface area contributed by atoms with Crippen LogP contribution in [0.4, 0.5) is 13.2 Å². The fraction of sp³-hybridized carbons (Fsp3) is 0.786. The Morgan fingerprint density at radius 3 is 2.59 bits per heavy atom. The lowest BCUT2D eigenvalue weighted by molar-refractivity contribution is -0.172. The molecule has 8 heteroatoms. The Hall–Kier alpha value is -1.60. The van der Waals surface area contributed by atoms with Crippen molar-refractivity contribution in [2.75, 3.05) is 0 Å². The number of carbonyl (C=O) groups is 1. The van der Waals surface area contributed by atoms with Crippen LogP contribution in [0, 0.1) is 11.3 Å². The van der Waals surface area contributed by atoms with E-state index < -0.39 is 23.5 Å². The quantitative estimate of drug-likeness (QED) is 0.445. The summed E-state index contributed by atoms with van der Waals surface area (Å²) < 4.78 is 37.2. The molecule has 1 aliphatic heterocycles. The highest BCUT2D eigenvalue weighted by Crippen LogP contribution is 2.48. The number of nitrogens with zero attached hydrogens (tertiary/aromatic N) is 2. The lowest BCUT2D eigenvalue weighted by atomic mass is 9.76. The molecule has 0 radical (unpaired) electrons. The molecule has 2 atom stereocenters. The molecular formula is C14H19F3N2O3. The molecule has 2 aliphatic rings. The molecule has 124 valence electrons. The summed E-state index contributed by atoms with van der Waals surface area (Å²) in [4.78, 5) is 22.1. The summed E-state index contributed by atoms with van der Waals surface area (Å²) in [5.74, 6) is -1.19. The van der Waals surface area contributed by atoms with Crippen molar-refractivity contribution in [3.63, 3.8) is 0 Å². The Labute approximate surface area is 126 Å². The summed E-state index contributed by atoms with van der Waals surface area (Å²) in [6.45, 7) is 6.58. The number of hydrogen-bond donors (Lipinski definition) is 0. The molecule has 0 bridgehead atoms. The van der Waals surface area contributed by atoms with Gasteiger partial charge < -0.3 is 9.68 Å². The smallest absolute Gasteiger partial charge is 0.376 e. The van der Waals surface area contributed by atoms with Crippen molar-refractivity contribution in [3.05, 3.63) is 0 Å². The summed E-state index contributed by atoms with van der Waals surface area (Å²) >= 11 is 0. The molecule has 1 aliphatic carbocycles. The van der Waals surface area contributed by atoms with E-state index in [9.17, 15) is 18.0 Å².